The van der Waals surface area contributed by atoms with Crippen molar-refractivity contribution in [2.24, 2.45) is 0 Å². The van der Waals surface area contributed by atoms with Crippen LogP contribution in [0.2, 0.25) is 0 Å². The van der Waals surface area contributed by atoms with E-state index < -0.39 is 20.3 Å². The highest BCUT2D eigenvalue weighted by Gasteiger charge is 2.44. The molecule has 0 bridgehead atoms. The van der Waals surface area contributed by atoms with Gasteiger partial charge in [0.15, 0.2) is 0 Å². The number of ether oxygens (including phenoxy) is 1. The Kier molecular flexibility index (Phi) is 2.14. The van der Waals surface area contributed by atoms with Gasteiger partial charge in [-0.1, -0.05) is 11.1 Å². The van der Waals surface area contributed by atoms with Gasteiger partial charge in [-0.15, -0.1) is 0 Å². The Bertz CT molecular complexity index is 180. The molecule has 5 heteroatoms. The summed E-state index contributed by atoms with van der Waals surface area (Å²) in [7, 11) is -1.55. The van der Waals surface area contributed by atoms with Crippen LogP contribution < -0.4 is 0 Å². The second-order valence-corrected chi connectivity index (χ2v) is 2.93. The first kappa shape index (κ1) is 7.38. The molecular weight excluding hydrogens is 155 g/mol. The van der Waals surface area contributed by atoms with Crippen LogP contribution in [-0.4, -0.2) is 18.4 Å². The SMILES string of the molecule is C=CC(=O)OC1C[P+](=O)O1. The van der Waals surface area contributed by atoms with Crippen molar-refractivity contribution in [1.29, 1.82) is 0 Å². The molecule has 10 heavy (non-hydrogen) atoms. The fourth-order valence-electron chi connectivity index (χ4n) is 0.481. The van der Waals surface area contributed by atoms with Gasteiger partial charge >= 0.3 is 14.0 Å². The predicted octanol–water partition coefficient (Wildman–Crippen LogP) is 0.814. The fourth-order valence-corrected chi connectivity index (χ4v) is 1.09. The molecule has 0 spiro atoms. The Balaban J connectivity index is 2.22. The number of esters is 1. The van der Waals surface area contributed by atoms with E-state index in [-0.39, 0.29) is 0 Å². The molecule has 1 aliphatic rings. The Morgan fingerprint density at radius 1 is 1.90 bits per heavy atom. The maximum atomic E-state index is 10.4. The molecule has 0 aromatic carbocycles. The van der Waals surface area contributed by atoms with Crippen LogP contribution in [0.15, 0.2) is 12.7 Å². The van der Waals surface area contributed by atoms with Gasteiger partial charge in [-0.05, 0) is 4.57 Å². The van der Waals surface area contributed by atoms with Gasteiger partial charge in [-0.25, -0.2) is 4.79 Å². The lowest BCUT2D eigenvalue weighted by molar-refractivity contribution is -0.158. The Morgan fingerprint density at radius 2 is 2.50 bits per heavy atom. The van der Waals surface area contributed by atoms with E-state index in [0.717, 1.165) is 6.08 Å². The molecule has 1 fully saturated rings. The molecule has 4 nitrogen and oxygen atoms in total. The summed E-state index contributed by atoms with van der Waals surface area (Å²) in [5.41, 5.74) is 0. The van der Waals surface area contributed by atoms with Crippen LogP contribution >= 0.6 is 8.03 Å². The molecular formula is C5H6O4P+. The largest absolute Gasteiger partial charge is 0.519 e. The lowest BCUT2D eigenvalue weighted by Gasteiger charge is -2.11. The molecule has 54 valence electrons. The zero-order valence-electron chi connectivity index (χ0n) is 5.15. The number of rotatable bonds is 2. The van der Waals surface area contributed by atoms with Crippen LogP contribution in [-0.2, 0) is 18.6 Å². The van der Waals surface area contributed by atoms with E-state index >= 15 is 0 Å². The molecule has 0 aliphatic carbocycles. The third-order valence-corrected chi connectivity index (χ3v) is 2.01. The molecule has 1 heterocycles. The maximum Gasteiger partial charge on any atom is 0.519 e. The molecule has 1 saturated heterocycles. The first-order valence-electron chi connectivity index (χ1n) is 2.67. The summed E-state index contributed by atoms with van der Waals surface area (Å²) in [5.74, 6) is -0.548. The topological polar surface area (TPSA) is 52.6 Å². The minimum absolute atomic E-state index is 0.301. The second-order valence-electron chi connectivity index (χ2n) is 1.69. The summed E-state index contributed by atoms with van der Waals surface area (Å²) in [5, 5.41) is 0. The van der Waals surface area contributed by atoms with Crippen LogP contribution in [0, 0.1) is 0 Å². The summed E-state index contributed by atoms with van der Waals surface area (Å²) in [4.78, 5) is 10.4. The van der Waals surface area contributed by atoms with Crippen LogP contribution in [0.1, 0.15) is 0 Å². The molecule has 2 unspecified atom stereocenters. The van der Waals surface area contributed by atoms with E-state index in [2.05, 4.69) is 15.8 Å². The zero-order valence-corrected chi connectivity index (χ0v) is 6.04. The van der Waals surface area contributed by atoms with Gasteiger partial charge in [0.05, 0.1) is 0 Å². The van der Waals surface area contributed by atoms with Crippen molar-refractivity contribution in [1.82, 2.24) is 0 Å². The van der Waals surface area contributed by atoms with Crippen molar-refractivity contribution in [2.45, 2.75) is 6.29 Å². The van der Waals surface area contributed by atoms with Crippen LogP contribution in [0.25, 0.3) is 0 Å². The lowest BCUT2D eigenvalue weighted by Crippen LogP contribution is -2.27. The lowest BCUT2D eigenvalue weighted by atomic mass is 10.6. The molecule has 2 atom stereocenters. The molecule has 0 aromatic rings. The second kappa shape index (κ2) is 2.90. The van der Waals surface area contributed by atoms with Gasteiger partial charge in [0.2, 0.25) is 6.16 Å². The average molecular weight is 161 g/mol. The van der Waals surface area contributed by atoms with Crippen molar-refractivity contribution in [3.63, 3.8) is 0 Å². The Morgan fingerprint density at radius 3 is 2.90 bits per heavy atom. The molecule has 0 aromatic heterocycles. The van der Waals surface area contributed by atoms with E-state index in [1.54, 1.807) is 0 Å². The highest BCUT2D eigenvalue weighted by molar-refractivity contribution is 7.40. The van der Waals surface area contributed by atoms with Gasteiger partial charge in [0, 0.05) is 6.08 Å². The highest BCUT2D eigenvalue weighted by Crippen LogP contribution is 2.37. The standard InChI is InChI=1S/C5H6O4P/c1-2-4(6)8-5-3-10(7)9-5/h2,5H,1,3H2/q+1. The number of carbonyl (C=O) groups is 1. The minimum atomic E-state index is -1.55. The van der Waals surface area contributed by atoms with E-state index in [4.69, 9.17) is 0 Å². The summed E-state index contributed by atoms with van der Waals surface area (Å²) in [6.45, 7) is 3.19. The minimum Gasteiger partial charge on any atom is -0.423 e. The van der Waals surface area contributed by atoms with Crippen molar-refractivity contribution in [2.75, 3.05) is 6.16 Å². The summed E-state index contributed by atoms with van der Waals surface area (Å²) >= 11 is 0. The van der Waals surface area contributed by atoms with Gasteiger partial charge in [-0.2, -0.15) is 0 Å². The molecule has 0 N–H and O–H groups in total. The Hall–Kier alpha value is -0.730. The first-order chi connectivity index (χ1) is 4.72. The number of hydrogen-bond donors (Lipinski definition) is 0. The fraction of sp³-hybridized carbons (Fsp3) is 0.400. The normalized spacial score (nSPS) is 26.8. The van der Waals surface area contributed by atoms with E-state index in [0.29, 0.717) is 6.16 Å². The van der Waals surface area contributed by atoms with Gasteiger partial charge in [-0.3, -0.25) is 0 Å². The summed E-state index contributed by atoms with van der Waals surface area (Å²) in [6, 6.07) is 0. The van der Waals surface area contributed by atoms with E-state index in [1.165, 1.54) is 0 Å². The Labute approximate surface area is 58.7 Å². The van der Waals surface area contributed by atoms with Crippen molar-refractivity contribution in [3.8, 4) is 0 Å². The molecule has 1 aliphatic heterocycles. The molecule has 1 rings (SSSR count). The average Bonchev–Trinajstić information content (AvgIpc) is 1.84. The van der Waals surface area contributed by atoms with Gasteiger partial charge in [0.25, 0.3) is 6.29 Å². The van der Waals surface area contributed by atoms with Crippen LogP contribution in [0.5, 0.6) is 0 Å². The maximum absolute atomic E-state index is 10.4. The quantitative estimate of drug-likeness (QED) is 0.341. The third kappa shape index (κ3) is 1.62. The number of hydrogen-bond acceptors (Lipinski definition) is 4. The van der Waals surface area contributed by atoms with Gasteiger partial charge < -0.3 is 4.74 Å². The predicted molar refractivity (Wildman–Crippen MR) is 33.6 cm³/mol. The zero-order chi connectivity index (χ0) is 7.56. The third-order valence-electron chi connectivity index (χ3n) is 0.948. The molecule has 0 amide bonds. The number of carbonyl (C=O) groups excluding carboxylic acids is 1. The molecule has 0 radical (unpaired) electrons. The monoisotopic (exact) mass is 161 g/mol. The van der Waals surface area contributed by atoms with Crippen LogP contribution in [0.4, 0.5) is 0 Å². The van der Waals surface area contributed by atoms with E-state index in [1.807, 2.05) is 0 Å². The highest BCUT2D eigenvalue weighted by atomic mass is 31.1. The van der Waals surface area contributed by atoms with Crippen molar-refractivity contribution in [3.05, 3.63) is 12.7 Å². The smallest absolute Gasteiger partial charge is 0.423 e. The molecule has 0 saturated carbocycles. The summed E-state index contributed by atoms with van der Waals surface area (Å²) in [6.07, 6.45) is 0.720. The van der Waals surface area contributed by atoms with Crippen molar-refractivity contribution >= 4 is 14.0 Å². The van der Waals surface area contributed by atoms with Crippen molar-refractivity contribution < 1.29 is 18.6 Å². The van der Waals surface area contributed by atoms with Crippen LogP contribution in [0.3, 0.4) is 0 Å². The van der Waals surface area contributed by atoms with Gasteiger partial charge in [0.1, 0.15) is 0 Å². The van der Waals surface area contributed by atoms with E-state index in [9.17, 15) is 9.36 Å². The summed E-state index contributed by atoms with van der Waals surface area (Å²) < 4.78 is 19.4. The first-order valence-corrected chi connectivity index (χ1v) is 4.03.